The molecule has 0 bridgehead atoms. The van der Waals surface area contributed by atoms with E-state index in [1.54, 1.807) is 0 Å². The van der Waals surface area contributed by atoms with Gasteiger partial charge in [-0.05, 0) is 43.7 Å². The molecule has 1 aromatic carbocycles. The molecule has 3 rings (SSSR count). The fourth-order valence-corrected chi connectivity index (χ4v) is 3.69. The molecule has 0 saturated carbocycles. The zero-order chi connectivity index (χ0) is 15.5. The number of nitrogens with zero attached hydrogens (tertiary/aromatic N) is 1. The zero-order valence-electron chi connectivity index (χ0n) is 13.9. The first kappa shape index (κ1) is 15.5. The summed E-state index contributed by atoms with van der Waals surface area (Å²) in [6, 6.07) is 8.09. The first-order chi connectivity index (χ1) is 10.6. The van der Waals surface area contributed by atoms with Crippen molar-refractivity contribution in [3.8, 4) is 0 Å². The van der Waals surface area contributed by atoms with Crippen molar-refractivity contribution in [3.05, 3.63) is 46.5 Å². The van der Waals surface area contributed by atoms with Gasteiger partial charge in [0.05, 0.1) is 0 Å². The molecule has 2 nitrogen and oxygen atoms in total. The summed E-state index contributed by atoms with van der Waals surface area (Å²) in [6.07, 6.45) is 5.64. The Morgan fingerprint density at radius 1 is 1.14 bits per heavy atom. The van der Waals surface area contributed by atoms with Crippen LogP contribution in [0.5, 0.6) is 0 Å². The van der Waals surface area contributed by atoms with Crippen LogP contribution in [-0.2, 0) is 6.42 Å². The van der Waals surface area contributed by atoms with Crippen LogP contribution in [0.1, 0.15) is 55.5 Å². The molecule has 2 heteroatoms. The SMILES string of the molecule is CC(C)CCCN1CCC(=C2Cc3ccccc3C2=O)CC1. The van der Waals surface area contributed by atoms with Crippen molar-refractivity contribution >= 4 is 5.78 Å². The summed E-state index contributed by atoms with van der Waals surface area (Å²) < 4.78 is 0. The minimum Gasteiger partial charge on any atom is -0.303 e. The number of benzene rings is 1. The lowest BCUT2D eigenvalue weighted by atomic mass is 9.95. The minimum absolute atomic E-state index is 0.291. The van der Waals surface area contributed by atoms with Crippen molar-refractivity contribution < 1.29 is 4.79 Å². The predicted octanol–water partition coefficient (Wildman–Crippen LogP) is 4.25. The number of likely N-dealkylation sites (tertiary alicyclic amines) is 1. The average Bonchev–Trinajstić information content (AvgIpc) is 2.85. The fraction of sp³-hybridized carbons (Fsp3) is 0.550. The summed E-state index contributed by atoms with van der Waals surface area (Å²) in [7, 11) is 0. The second-order valence-corrected chi connectivity index (χ2v) is 7.12. The summed E-state index contributed by atoms with van der Waals surface area (Å²) in [5, 5.41) is 0. The van der Waals surface area contributed by atoms with Gasteiger partial charge in [0, 0.05) is 30.6 Å². The monoisotopic (exact) mass is 297 g/mol. The highest BCUT2D eigenvalue weighted by molar-refractivity contribution is 6.13. The summed E-state index contributed by atoms with van der Waals surface area (Å²) in [5.41, 5.74) is 4.67. The topological polar surface area (TPSA) is 20.3 Å². The van der Waals surface area contributed by atoms with Gasteiger partial charge in [-0.15, -0.1) is 0 Å². The van der Waals surface area contributed by atoms with Crippen LogP contribution in [0.4, 0.5) is 0 Å². The van der Waals surface area contributed by atoms with Crippen LogP contribution >= 0.6 is 0 Å². The van der Waals surface area contributed by atoms with Crippen LogP contribution in [0.25, 0.3) is 0 Å². The molecule has 22 heavy (non-hydrogen) atoms. The van der Waals surface area contributed by atoms with Gasteiger partial charge in [0.1, 0.15) is 0 Å². The van der Waals surface area contributed by atoms with E-state index in [1.807, 2.05) is 18.2 Å². The smallest absolute Gasteiger partial charge is 0.189 e. The Balaban J connectivity index is 1.59. The third-order valence-electron chi connectivity index (χ3n) is 5.05. The number of piperidine rings is 1. The summed E-state index contributed by atoms with van der Waals surface area (Å²) in [4.78, 5) is 15.1. The number of hydrogen-bond acceptors (Lipinski definition) is 2. The third kappa shape index (κ3) is 3.33. The summed E-state index contributed by atoms with van der Waals surface area (Å²) in [5.74, 6) is 1.09. The van der Waals surface area contributed by atoms with E-state index in [1.165, 1.54) is 30.5 Å². The van der Waals surface area contributed by atoms with Crippen molar-refractivity contribution in [2.24, 2.45) is 5.92 Å². The van der Waals surface area contributed by atoms with Gasteiger partial charge in [-0.3, -0.25) is 4.79 Å². The molecule has 0 radical (unpaired) electrons. The van der Waals surface area contributed by atoms with E-state index in [2.05, 4.69) is 24.8 Å². The molecule has 118 valence electrons. The van der Waals surface area contributed by atoms with Crippen molar-refractivity contribution in [1.29, 1.82) is 0 Å². The van der Waals surface area contributed by atoms with Gasteiger partial charge >= 0.3 is 0 Å². The molecule has 1 saturated heterocycles. The van der Waals surface area contributed by atoms with Crippen LogP contribution in [0, 0.1) is 5.92 Å². The summed E-state index contributed by atoms with van der Waals surface area (Å²) >= 11 is 0. The molecule has 0 aromatic heterocycles. The molecule has 0 atom stereocenters. The number of ketones is 1. The van der Waals surface area contributed by atoms with Gasteiger partial charge in [0.15, 0.2) is 5.78 Å². The Morgan fingerprint density at radius 2 is 1.86 bits per heavy atom. The maximum Gasteiger partial charge on any atom is 0.189 e. The number of hydrogen-bond donors (Lipinski definition) is 0. The maximum absolute atomic E-state index is 12.6. The van der Waals surface area contributed by atoms with E-state index in [9.17, 15) is 4.79 Å². The molecule has 0 unspecified atom stereocenters. The predicted molar refractivity (Wildman–Crippen MR) is 91.2 cm³/mol. The molecule has 0 spiro atoms. The average molecular weight is 297 g/mol. The molecule has 1 aromatic rings. The van der Waals surface area contributed by atoms with Crippen LogP contribution < -0.4 is 0 Å². The number of fused-ring (bicyclic) bond motifs is 1. The molecule has 1 aliphatic carbocycles. The Morgan fingerprint density at radius 3 is 2.55 bits per heavy atom. The summed E-state index contributed by atoms with van der Waals surface area (Å²) in [6.45, 7) is 8.06. The van der Waals surface area contributed by atoms with Crippen LogP contribution in [0.3, 0.4) is 0 Å². The van der Waals surface area contributed by atoms with Crippen LogP contribution in [0.15, 0.2) is 35.4 Å². The first-order valence-electron chi connectivity index (χ1n) is 8.71. The maximum atomic E-state index is 12.6. The van der Waals surface area contributed by atoms with E-state index in [4.69, 9.17) is 0 Å². The van der Waals surface area contributed by atoms with Crippen molar-refractivity contribution in [1.82, 2.24) is 4.90 Å². The highest BCUT2D eigenvalue weighted by atomic mass is 16.1. The van der Waals surface area contributed by atoms with Gasteiger partial charge in [-0.2, -0.15) is 0 Å². The molecule has 1 heterocycles. The highest BCUT2D eigenvalue weighted by Gasteiger charge is 2.28. The van der Waals surface area contributed by atoms with Gasteiger partial charge in [-0.25, -0.2) is 0 Å². The van der Waals surface area contributed by atoms with Gasteiger partial charge in [0.25, 0.3) is 0 Å². The molecule has 0 amide bonds. The lowest BCUT2D eigenvalue weighted by Gasteiger charge is -2.29. The molecule has 1 aliphatic heterocycles. The van der Waals surface area contributed by atoms with Gasteiger partial charge in [0.2, 0.25) is 0 Å². The van der Waals surface area contributed by atoms with Crippen molar-refractivity contribution in [2.45, 2.75) is 46.0 Å². The van der Waals surface area contributed by atoms with E-state index < -0.39 is 0 Å². The number of carbonyl (C=O) groups excluding carboxylic acids is 1. The zero-order valence-corrected chi connectivity index (χ0v) is 13.9. The molecule has 1 fully saturated rings. The van der Waals surface area contributed by atoms with E-state index in [0.717, 1.165) is 49.4 Å². The normalized spacial score (nSPS) is 19.1. The fourth-order valence-electron chi connectivity index (χ4n) is 3.69. The van der Waals surface area contributed by atoms with Crippen LogP contribution in [0.2, 0.25) is 0 Å². The van der Waals surface area contributed by atoms with E-state index in [-0.39, 0.29) is 0 Å². The Labute approximate surface area is 134 Å². The minimum atomic E-state index is 0.291. The Bertz CT molecular complexity index is 575. The van der Waals surface area contributed by atoms with Crippen molar-refractivity contribution in [2.75, 3.05) is 19.6 Å². The number of allylic oxidation sites excluding steroid dienone is 1. The van der Waals surface area contributed by atoms with Crippen molar-refractivity contribution in [3.63, 3.8) is 0 Å². The second kappa shape index (κ2) is 6.78. The van der Waals surface area contributed by atoms with Crippen LogP contribution in [-0.4, -0.2) is 30.3 Å². The number of carbonyl (C=O) groups is 1. The molecular weight excluding hydrogens is 270 g/mol. The number of Topliss-reactive ketones (excluding diaryl/α,β-unsaturated/α-hetero) is 1. The standard InChI is InChI=1S/C20H27NO/c1-15(2)6-5-11-21-12-9-16(10-13-21)19-14-17-7-3-4-8-18(17)20(19)22/h3-4,7-8,15H,5-6,9-14H2,1-2H3. The van der Waals surface area contributed by atoms with E-state index >= 15 is 0 Å². The Kier molecular flexibility index (Phi) is 4.77. The molecule has 2 aliphatic rings. The lowest BCUT2D eigenvalue weighted by Crippen LogP contribution is -2.32. The van der Waals surface area contributed by atoms with Gasteiger partial charge in [-0.1, -0.05) is 43.7 Å². The molecule has 0 N–H and O–H groups in total. The first-order valence-corrected chi connectivity index (χ1v) is 8.71. The quantitative estimate of drug-likeness (QED) is 0.774. The highest BCUT2D eigenvalue weighted by Crippen LogP contribution is 2.32. The molecular formula is C20H27NO. The second-order valence-electron chi connectivity index (χ2n) is 7.12. The third-order valence-corrected chi connectivity index (χ3v) is 5.05. The lowest BCUT2D eigenvalue weighted by molar-refractivity contribution is 0.103. The number of rotatable bonds is 4. The Hall–Kier alpha value is -1.41. The largest absolute Gasteiger partial charge is 0.303 e. The van der Waals surface area contributed by atoms with E-state index in [0.29, 0.717) is 5.78 Å². The van der Waals surface area contributed by atoms with Gasteiger partial charge < -0.3 is 4.90 Å².